The number of nitrogens with one attached hydrogen (secondary N) is 2. The molecule has 3 rings (SSSR count). The van der Waals surface area contributed by atoms with E-state index in [-0.39, 0.29) is 17.5 Å². The van der Waals surface area contributed by atoms with E-state index in [0.717, 1.165) is 16.9 Å². The van der Waals surface area contributed by atoms with Crippen molar-refractivity contribution >= 4 is 17.9 Å². The van der Waals surface area contributed by atoms with Crippen LogP contribution in [0.5, 0.6) is 5.75 Å². The van der Waals surface area contributed by atoms with Gasteiger partial charge >= 0.3 is 0 Å². The third kappa shape index (κ3) is 6.07. The molecule has 0 saturated carbocycles. The first-order chi connectivity index (χ1) is 14.7. The van der Waals surface area contributed by atoms with E-state index in [2.05, 4.69) is 10.6 Å². The van der Waals surface area contributed by atoms with E-state index in [9.17, 15) is 9.59 Å². The highest BCUT2D eigenvalue weighted by Crippen LogP contribution is 2.14. The van der Waals surface area contributed by atoms with E-state index in [1.54, 1.807) is 30.3 Å². The van der Waals surface area contributed by atoms with Gasteiger partial charge in [-0.25, -0.2) is 0 Å². The average Bonchev–Trinajstić information content (AvgIpc) is 2.79. The predicted octanol–water partition coefficient (Wildman–Crippen LogP) is 4.17. The normalized spacial score (nSPS) is 10.9. The van der Waals surface area contributed by atoms with Crippen LogP contribution in [0.1, 0.15) is 28.4 Å². The topological polar surface area (TPSA) is 67.4 Å². The van der Waals surface area contributed by atoms with Gasteiger partial charge in [0.05, 0.1) is 6.61 Å². The maximum absolute atomic E-state index is 12.8. The zero-order valence-corrected chi connectivity index (χ0v) is 16.8. The Balaban J connectivity index is 1.79. The van der Waals surface area contributed by atoms with Crippen molar-refractivity contribution in [3.05, 3.63) is 107 Å². The molecule has 2 N–H and O–H groups in total. The molecular weight excluding hydrogens is 376 g/mol. The van der Waals surface area contributed by atoms with Crippen LogP contribution >= 0.6 is 0 Å². The van der Waals surface area contributed by atoms with Gasteiger partial charge in [-0.15, -0.1) is 0 Å². The summed E-state index contributed by atoms with van der Waals surface area (Å²) >= 11 is 0. The van der Waals surface area contributed by atoms with E-state index in [1.807, 2.05) is 67.6 Å². The molecule has 2 amide bonds. The summed E-state index contributed by atoms with van der Waals surface area (Å²) < 4.78 is 5.45. The van der Waals surface area contributed by atoms with E-state index in [4.69, 9.17) is 4.74 Å². The SMILES string of the molecule is CCOc1ccc(/C=C(\NC(=O)c2ccccc2)C(=O)NCc2ccccc2)cc1. The summed E-state index contributed by atoms with van der Waals surface area (Å²) in [6.07, 6.45) is 1.65. The zero-order chi connectivity index (χ0) is 21.2. The van der Waals surface area contributed by atoms with Gasteiger partial charge in [0.1, 0.15) is 11.4 Å². The van der Waals surface area contributed by atoms with Gasteiger partial charge in [-0.1, -0.05) is 60.7 Å². The van der Waals surface area contributed by atoms with E-state index in [1.165, 1.54) is 0 Å². The summed E-state index contributed by atoms with van der Waals surface area (Å²) in [7, 11) is 0. The molecule has 0 unspecified atom stereocenters. The highest BCUT2D eigenvalue weighted by molar-refractivity contribution is 6.05. The van der Waals surface area contributed by atoms with E-state index in [0.29, 0.717) is 18.7 Å². The number of carbonyl (C=O) groups is 2. The van der Waals surface area contributed by atoms with Gasteiger partial charge in [-0.2, -0.15) is 0 Å². The molecule has 0 saturated heterocycles. The Morgan fingerprint density at radius 2 is 1.50 bits per heavy atom. The smallest absolute Gasteiger partial charge is 0.268 e. The maximum Gasteiger partial charge on any atom is 0.268 e. The van der Waals surface area contributed by atoms with Gasteiger partial charge in [0.2, 0.25) is 0 Å². The summed E-state index contributed by atoms with van der Waals surface area (Å²) in [6, 6.07) is 25.7. The third-order valence-corrected chi connectivity index (χ3v) is 4.33. The molecule has 0 aliphatic rings. The van der Waals surface area contributed by atoms with Crippen molar-refractivity contribution < 1.29 is 14.3 Å². The minimum absolute atomic E-state index is 0.170. The minimum Gasteiger partial charge on any atom is -0.494 e. The Kier molecular flexibility index (Phi) is 7.39. The van der Waals surface area contributed by atoms with Gasteiger partial charge in [0, 0.05) is 12.1 Å². The molecule has 3 aromatic rings. The highest BCUT2D eigenvalue weighted by Gasteiger charge is 2.14. The van der Waals surface area contributed by atoms with Crippen LogP contribution in [0.25, 0.3) is 6.08 Å². The van der Waals surface area contributed by atoms with Crippen LogP contribution < -0.4 is 15.4 Å². The summed E-state index contributed by atoms with van der Waals surface area (Å²) in [5.74, 6) is 0.0396. The molecule has 0 fully saturated rings. The van der Waals surface area contributed by atoms with Gasteiger partial charge in [0.25, 0.3) is 11.8 Å². The Labute approximate surface area is 176 Å². The number of hydrogen-bond acceptors (Lipinski definition) is 3. The fourth-order valence-electron chi connectivity index (χ4n) is 2.81. The molecular formula is C25H24N2O3. The lowest BCUT2D eigenvalue weighted by molar-refractivity contribution is -0.117. The lowest BCUT2D eigenvalue weighted by atomic mass is 10.1. The van der Waals surface area contributed by atoms with Gasteiger partial charge in [0.15, 0.2) is 0 Å². The second-order valence-corrected chi connectivity index (χ2v) is 6.55. The molecule has 0 aliphatic heterocycles. The van der Waals surface area contributed by atoms with Crippen LogP contribution in [0, 0.1) is 0 Å². The first-order valence-electron chi connectivity index (χ1n) is 9.79. The molecule has 3 aromatic carbocycles. The minimum atomic E-state index is -0.364. The van der Waals surface area contributed by atoms with Gasteiger partial charge in [-0.3, -0.25) is 9.59 Å². The molecule has 0 bridgehead atoms. The van der Waals surface area contributed by atoms with Crippen molar-refractivity contribution in [1.29, 1.82) is 0 Å². The standard InChI is InChI=1S/C25H24N2O3/c1-2-30-22-15-13-19(14-16-22)17-23(27-24(28)21-11-7-4-8-12-21)25(29)26-18-20-9-5-3-6-10-20/h3-17H,2,18H2,1H3,(H,26,29)(H,27,28)/b23-17-. The Morgan fingerprint density at radius 1 is 0.867 bits per heavy atom. The van der Waals surface area contributed by atoms with Crippen LogP contribution in [0.15, 0.2) is 90.6 Å². The van der Waals surface area contributed by atoms with Crippen molar-refractivity contribution in [1.82, 2.24) is 10.6 Å². The molecule has 30 heavy (non-hydrogen) atoms. The lowest BCUT2D eigenvalue weighted by Gasteiger charge is -2.12. The summed E-state index contributed by atoms with van der Waals surface area (Å²) in [5, 5.41) is 5.60. The average molecular weight is 400 g/mol. The fraction of sp³-hybridized carbons (Fsp3) is 0.120. The number of amides is 2. The number of carbonyl (C=O) groups excluding carboxylic acids is 2. The summed E-state index contributed by atoms with van der Waals surface area (Å²) in [6.45, 7) is 2.86. The van der Waals surface area contributed by atoms with Crippen LogP contribution in [0.4, 0.5) is 0 Å². The number of ether oxygens (including phenoxy) is 1. The van der Waals surface area contributed by atoms with E-state index < -0.39 is 0 Å². The van der Waals surface area contributed by atoms with Crippen LogP contribution in [0.2, 0.25) is 0 Å². The first kappa shape index (κ1) is 20.9. The second kappa shape index (κ2) is 10.6. The van der Waals surface area contributed by atoms with Crippen molar-refractivity contribution in [3.63, 3.8) is 0 Å². The van der Waals surface area contributed by atoms with Crippen molar-refractivity contribution in [2.45, 2.75) is 13.5 Å². The molecule has 0 aliphatic carbocycles. The fourth-order valence-corrected chi connectivity index (χ4v) is 2.81. The Hall–Kier alpha value is -3.86. The van der Waals surface area contributed by atoms with Gasteiger partial charge < -0.3 is 15.4 Å². The van der Waals surface area contributed by atoms with Crippen molar-refractivity contribution in [2.75, 3.05) is 6.61 Å². The lowest BCUT2D eigenvalue weighted by Crippen LogP contribution is -2.34. The molecule has 5 nitrogen and oxygen atoms in total. The maximum atomic E-state index is 12.8. The van der Waals surface area contributed by atoms with Crippen LogP contribution in [-0.4, -0.2) is 18.4 Å². The first-order valence-corrected chi connectivity index (χ1v) is 9.79. The summed E-state index contributed by atoms with van der Waals surface area (Å²) in [5.41, 5.74) is 2.40. The predicted molar refractivity (Wildman–Crippen MR) is 118 cm³/mol. The quantitative estimate of drug-likeness (QED) is 0.558. The summed E-state index contributed by atoms with van der Waals surface area (Å²) in [4.78, 5) is 25.4. The number of benzene rings is 3. The Morgan fingerprint density at radius 3 is 2.13 bits per heavy atom. The Bertz CT molecular complexity index is 998. The monoisotopic (exact) mass is 400 g/mol. The van der Waals surface area contributed by atoms with Crippen molar-refractivity contribution in [3.8, 4) is 5.75 Å². The number of hydrogen-bond donors (Lipinski definition) is 2. The second-order valence-electron chi connectivity index (χ2n) is 6.55. The molecule has 5 heteroatoms. The largest absolute Gasteiger partial charge is 0.494 e. The molecule has 0 radical (unpaired) electrons. The molecule has 0 aromatic heterocycles. The van der Waals surface area contributed by atoms with Gasteiger partial charge in [-0.05, 0) is 48.4 Å². The molecule has 0 atom stereocenters. The van der Waals surface area contributed by atoms with Crippen LogP contribution in [-0.2, 0) is 11.3 Å². The van der Waals surface area contributed by atoms with E-state index >= 15 is 0 Å². The molecule has 152 valence electrons. The molecule has 0 heterocycles. The van der Waals surface area contributed by atoms with Crippen molar-refractivity contribution in [2.24, 2.45) is 0 Å². The zero-order valence-electron chi connectivity index (χ0n) is 16.8. The molecule has 0 spiro atoms. The van der Waals surface area contributed by atoms with Crippen LogP contribution in [0.3, 0.4) is 0 Å². The highest BCUT2D eigenvalue weighted by atomic mass is 16.5. The third-order valence-electron chi connectivity index (χ3n) is 4.33. The number of rotatable bonds is 8.